The van der Waals surface area contributed by atoms with Crippen LogP contribution in [0.4, 0.5) is 5.69 Å². The fourth-order valence-electron chi connectivity index (χ4n) is 4.05. The van der Waals surface area contributed by atoms with Gasteiger partial charge in [0.1, 0.15) is 6.04 Å². The molecule has 0 aliphatic carbocycles. The molecule has 8 nitrogen and oxygen atoms in total. The molecule has 0 radical (unpaired) electrons. The van der Waals surface area contributed by atoms with E-state index in [4.69, 9.17) is 16.3 Å². The van der Waals surface area contributed by atoms with Gasteiger partial charge in [0, 0.05) is 17.1 Å². The van der Waals surface area contributed by atoms with Gasteiger partial charge >= 0.3 is 5.97 Å². The number of ether oxygens (including phenoxy) is 1. The van der Waals surface area contributed by atoms with Crippen molar-refractivity contribution in [2.75, 3.05) is 18.5 Å². The Balaban J connectivity index is 1.46. The van der Waals surface area contributed by atoms with Gasteiger partial charge in [0.2, 0.25) is 15.9 Å². The molecule has 1 aliphatic rings. The minimum Gasteiger partial charge on any atom is -0.454 e. The van der Waals surface area contributed by atoms with E-state index in [0.717, 1.165) is 5.56 Å². The van der Waals surface area contributed by atoms with Crippen molar-refractivity contribution in [1.29, 1.82) is 0 Å². The van der Waals surface area contributed by atoms with Crippen LogP contribution in [0.25, 0.3) is 0 Å². The number of rotatable bonds is 8. The first-order valence-corrected chi connectivity index (χ1v) is 13.4. The van der Waals surface area contributed by atoms with Crippen molar-refractivity contribution in [2.24, 2.45) is 0 Å². The van der Waals surface area contributed by atoms with Crippen LogP contribution in [-0.2, 0) is 19.6 Å². The Bertz CT molecular complexity index is 1420. The first-order valence-electron chi connectivity index (χ1n) is 11.6. The second-order valence-electron chi connectivity index (χ2n) is 8.63. The van der Waals surface area contributed by atoms with Crippen molar-refractivity contribution in [3.8, 4) is 0 Å². The third-order valence-corrected chi connectivity index (χ3v) is 8.21. The molecular weight excluding hydrogens is 516 g/mol. The molecule has 1 saturated heterocycles. The monoisotopic (exact) mass is 540 g/mol. The summed E-state index contributed by atoms with van der Waals surface area (Å²) in [6.07, 6.45) is 0.874. The van der Waals surface area contributed by atoms with Gasteiger partial charge in [-0.2, -0.15) is 4.31 Å². The zero-order valence-corrected chi connectivity index (χ0v) is 21.6. The highest BCUT2D eigenvalue weighted by Crippen LogP contribution is 2.28. The van der Waals surface area contributed by atoms with E-state index in [1.54, 1.807) is 36.4 Å². The first-order chi connectivity index (χ1) is 17.7. The number of carbonyl (C=O) groups excluding carboxylic acids is 3. The minimum absolute atomic E-state index is 0.0469. The van der Waals surface area contributed by atoms with Crippen molar-refractivity contribution < 1.29 is 27.5 Å². The van der Waals surface area contributed by atoms with Gasteiger partial charge in [0.05, 0.1) is 16.1 Å². The van der Waals surface area contributed by atoms with E-state index in [1.807, 2.05) is 6.92 Å². The summed E-state index contributed by atoms with van der Waals surface area (Å²) in [6, 6.07) is 17.9. The number of Topliss-reactive ketones (excluding diaryl/α,β-unsaturated/α-hetero) is 1. The van der Waals surface area contributed by atoms with Gasteiger partial charge in [-0.15, -0.1) is 0 Å². The highest BCUT2D eigenvalue weighted by molar-refractivity contribution is 7.89. The second kappa shape index (κ2) is 11.2. The molecule has 37 heavy (non-hydrogen) atoms. The fraction of sp³-hybridized carbons (Fsp3) is 0.222. The minimum atomic E-state index is -3.88. The molecular formula is C27H25ClN2O6S. The maximum Gasteiger partial charge on any atom is 0.340 e. The SMILES string of the molecule is Cc1ccc(S(=O)(=O)N2CCC[C@H]2C(=O)Nc2ccccc2C(=O)OCC(=O)c2ccc(Cl)cc2)cc1. The number of benzene rings is 3. The van der Waals surface area contributed by atoms with Crippen molar-refractivity contribution in [1.82, 2.24) is 4.31 Å². The average molecular weight is 541 g/mol. The molecule has 0 aromatic heterocycles. The van der Waals surface area contributed by atoms with Crippen molar-refractivity contribution in [3.05, 3.63) is 94.5 Å². The van der Waals surface area contributed by atoms with E-state index in [9.17, 15) is 22.8 Å². The number of anilines is 1. The zero-order valence-electron chi connectivity index (χ0n) is 20.0. The fourth-order valence-corrected chi connectivity index (χ4v) is 5.83. The summed E-state index contributed by atoms with van der Waals surface area (Å²) < 4.78 is 32.8. The maximum atomic E-state index is 13.2. The summed E-state index contributed by atoms with van der Waals surface area (Å²) in [4.78, 5) is 38.4. The molecule has 1 atom stereocenters. The van der Waals surface area contributed by atoms with Crippen LogP contribution < -0.4 is 5.32 Å². The van der Waals surface area contributed by atoms with Gasteiger partial charge < -0.3 is 10.1 Å². The lowest BCUT2D eigenvalue weighted by atomic mass is 10.1. The van der Waals surface area contributed by atoms with E-state index in [2.05, 4.69) is 5.32 Å². The van der Waals surface area contributed by atoms with Gasteiger partial charge in [-0.05, 0) is 68.3 Å². The number of carbonyl (C=O) groups is 3. The molecule has 0 spiro atoms. The summed E-state index contributed by atoms with van der Waals surface area (Å²) in [5.41, 5.74) is 1.48. The molecule has 1 heterocycles. The lowest BCUT2D eigenvalue weighted by Gasteiger charge is -2.24. The Hall–Kier alpha value is -3.53. The van der Waals surface area contributed by atoms with Crippen LogP contribution in [-0.4, -0.2) is 49.6 Å². The maximum absolute atomic E-state index is 13.2. The van der Waals surface area contributed by atoms with Crippen LogP contribution >= 0.6 is 11.6 Å². The molecule has 3 aromatic rings. The highest BCUT2D eigenvalue weighted by Gasteiger charge is 2.39. The normalized spacial score (nSPS) is 15.8. The molecule has 1 fully saturated rings. The van der Waals surface area contributed by atoms with Gasteiger partial charge in [-0.25, -0.2) is 13.2 Å². The Morgan fingerprint density at radius 1 is 1.00 bits per heavy atom. The second-order valence-corrected chi connectivity index (χ2v) is 11.0. The molecule has 0 bridgehead atoms. The van der Waals surface area contributed by atoms with E-state index in [1.165, 1.54) is 40.7 Å². The Labute approximate surface area is 220 Å². The van der Waals surface area contributed by atoms with E-state index >= 15 is 0 Å². The molecule has 1 N–H and O–H groups in total. The third kappa shape index (κ3) is 6.07. The average Bonchev–Trinajstić information content (AvgIpc) is 3.39. The van der Waals surface area contributed by atoms with E-state index in [-0.39, 0.29) is 22.7 Å². The van der Waals surface area contributed by atoms with Crippen LogP contribution in [0, 0.1) is 6.92 Å². The Morgan fingerprint density at radius 2 is 1.68 bits per heavy atom. The standard InChI is InChI=1S/C27H25ClN2O6S/c1-18-8-14-21(15-9-18)37(34,35)30-16-4-7-24(30)26(32)29-23-6-3-2-5-22(23)27(33)36-17-25(31)19-10-12-20(28)13-11-19/h2-3,5-6,8-15,24H,4,7,16-17H2,1H3,(H,29,32)/t24-/m0/s1. The molecule has 1 aliphatic heterocycles. The highest BCUT2D eigenvalue weighted by atomic mass is 35.5. The number of aryl methyl sites for hydroxylation is 1. The lowest BCUT2D eigenvalue weighted by Crippen LogP contribution is -2.43. The van der Waals surface area contributed by atoms with Crippen molar-refractivity contribution >= 4 is 45.0 Å². The van der Waals surface area contributed by atoms with Crippen LogP contribution in [0.3, 0.4) is 0 Å². The number of nitrogens with zero attached hydrogens (tertiary/aromatic N) is 1. The van der Waals surface area contributed by atoms with Gasteiger partial charge in [0.15, 0.2) is 12.4 Å². The molecule has 192 valence electrons. The number of para-hydroxylation sites is 1. The molecule has 10 heteroatoms. The van der Waals surface area contributed by atoms with Gasteiger partial charge in [-0.1, -0.05) is 41.4 Å². The molecule has 0 unspecified atom stereocenters. The first kappa shape index (κ1) is 26.5. The van der Waals surface area contributed by atoms with Crippen LogP contribution in [0.2, 0.25) is 5.02 Å². The quantitative estimate of drug-likeness (QED) is 0.333. The number of hydrogen-bond acceptors (Lipinski definition) is 6. The molecule has 1 amide bonds. The number of nitrogens with one attached hydrogen (secondary N) is 1. The molecule has 4 rings (SSSR count). The summed E-state index contributed by atoms with van der Waals surface area (Å²) in [6.45, 7) is 1.58. The lowest BCUT2D eigenvalue weighted by molar-refractivity contribution is -0.119. The van der Waals surface area contributed by atoms with E-state index in [0.29, 0.717) is 23.4 Å². The number of hydrogen-bond donors (Lipinski definition) is 1. The number of ketones is 1. The van der Waals surface area contributed by atoms with Crippen LogP contribution in [0.5, 0.6) is 0 Å². The zero-order chi connectivity index (χ0) is 26.6. The summed E-state index contributed by atoms with van der Waals surface area (Å²) in [7, 11) is -3.88. The molecule has 3 aromatic carbocycles. The smallest absolute Gasteiger partial charge is 0.340 e. The Morgan fingerprint density at radius 3 is 2.38 bits per heavy atom. The number of esters is 1. The van der Waals surface area contributed by atoms with Crippen molar-refractivity contribution in [3.63, 3.8) is 0 Å². The summed E-state index contributed by atoms with van der Waals surface area (Å²) in [5, 5.41) is 3.15. The van der Waals surface area contributed by atoms with Crippen LogP contribution in [0.1, 0.15) is 39.1 Å². The number of amides is 1. The number of halogens is 1. The predicted molar refractivity (Wildman–Crippen MR) is 139 cm³/mol. The molecule has 0 saturated carbocycles. The van der Waals surface area contributed by atoms with Gasteiger partial charge in [0.25, 0.3) is 0 Å². The summed E-state index contributed by atoms with van der Waals surface area (Å²) >= 11 is 5.83. The van der Waals surface area contributed by atoms with Crippen LogP contribution in [0.15, 0.2) is 77.7 Å². The Kier molecular flexibility index (Phi) is 8.06. The van der Waals surface area contributed by atoms with E-state index < -0.39 is 40.3 Å². The third-order valence-electron chi connectivity index (χ3n) is 6.04. The van der Waals surface area contributed by atoms with Crippen molar-refractivity contribution in [2.45, 2.75) is 30.7 Å². The topological polar surface area (TPSA) is 110 Å². The largest absolute Gasteiger partial charge is 0.454 e. The predicted octanol–water partition coefficient (Wildman–Crippen LogP) is 4.48. The summed E-state index contributed by atoms with van der Waals surface area (Å²) in [5.74, 6) is -1.76. The van der Waals surface area contributed by atoms with Gasteiger partial charge in [-0.3, -0.25) is 9.59 Å². The number of sulfonamides is 1.